The van der Waals surface area contributed by atoms with Gasteiger partial charge >= 0.3 is 5.97 Å². The lowest BCUT2D eigenvalue weighted by Crippen LogP contribution is -2.00. The molecule has 4 aromatic rings. The molecule has 2 aromatic carbocycles. The topological polar surface area (TPSA) is 63.3 Å². The fourth-order valence-corrected chi connectivity index (χ4v) is 3.20. The van der Waals surface area contributed by atoms with E-state index < -0.39 is 5.97 Å². The normalized spacial score (nSPS) is 11.2. The van der Waals surface area contributed by atoms with Gasteiger partial charge in [0.15, 0.2) is 5.76 Å². The summed E-state index contributed by atoms with van der Waals surface area (Å²) in [5, 5.41) is 11.5. The van der Waals surface area contributed by atoms with E-state index in [-0.39, 0.29) is 10.6 Å². The second-order valence-electron chi connectivity index (χ2n) is 5.29. The van der Waals surface area contributed by atoms with Gasteiger partial charge in [0.1, 0.15) is 11.3 Å². The van der Waals surface area contributed by atoms with Crippen molar-refractivity contribution in [3.63, 3.8) is 0 Å². The van der Waals surface area contributed by atoms with Gasteiger partial charge in [-0.15, -0.1) is 0 Å². The number of pyridine rings is 1. The maximum atomic E-state index is 11.6. The molecule has 0 unspecified atom stereocenters. The Morgan fingerprint density at radius 1 is 1.08 bits per heavy atom. The number of hydrogen-bond acceptors (Lipinski definition) is 3. The minimum Gasteiger partial charge on any atom is -0.478 e. The predicted octanol–water partition coefficient (Wildman–Crippen LogP) is 5.65. The summed E-state index contributed by atoms with van der Waals surface area (Å²) >= 11 is 12.2. The Kier molecular flexibility index (Phi) is 3.44. The number of aromatic carboxylic acids is 1. The van der Waals surface area contributed by atoms with Crippen molar-refractivity contribution in [2.75, 3.05) is 0 Å². The lowest BCUT2D eigenvalue weighted by atomic mass is 10.1. The molecule has 4 rings (SSSR count). The van der Waals surface area contributed by atoms with Gasteiger partial charge in [-0.3, -0.25) is 0 Å². The van der Waals surface area contributed by atoms with Crippen LogP contribution in [-0.4, -0.2) is 16.1 Å². The zero-order chi connectivity index (χ0) is 16.8. The highest BCUT2D eigenvalue weighted by molar-refractivity contribution is 6.38. The third-order valence-electron chi connectivity index (χ3n) is 3.74. The summed E-state index contributed by atoms with van der Waals surface area (Å²) in [6.07, 6.45) is 0. The van der Waals surface area contributed by atoms with Gasteiger partial charge in [0.25, 0.3) is 0 Å². The highest BCUT2D eigenvalue weighted by Crippen LogP contribution is 2.33. The third kappa shape index (κ3) is 2.40. The van der Waals surface area contributed by atoms with Crippen molar-refractivity contribution < 1.29 is 14.3 Å². The average molecular weight is 358 g/mol. The van der Waals surface area contributed by atoms with Gasteiger partial charge in [0, 0.05) is 15.8 Å². The van der Waals surface area contributed by atoms with Gasteiger partial charge in [-0.2, -0.15) is 0 Å². The van der Waals surface area contributed by atoms with Crippen LogP contribution >= 0.6 is 23.2 Å². The number of carboxylic acid groups (broad SMARTS) is 1. The van der Waals surface area contributed by atoms with Crippen molar-refractivity contribution in [2.45, 2.75) is 0 Å². The van der Waals surface area contributed by atoms with Crippen LogP contribution < -0.4 is 0 Å². The number of nitrogens with zero attached hydrogens (tertiary/aromatic N) is 1. The molecule has 0 amide bonds. The number of aromatic nitrogens is 1. The van der Waals surface area contributed by atoms with E-state index in [2.05, 4.69) is 4.98 Å². The predicted molar refractivity (Wildman–Crippen MR) is 93.9 cm³/mol. The first-order valence-corrected chi connectivity index (χ1v) is 7.80. The van der Waals surface area contributed by atoms with Crippen LogP contribution in [-0.2, 0) is 0 Å². The van der Waals surface area contributed by atoms with Crippen LogP contribution in [0.25, 0.3) is 33.3 Å². The Morgan fingerprint density at radius 2 is 1.88 bits per heavy atom. The zero-order valence-electron chi connectivity index (χ0n) is 12.1. The van der Waals surface area contributed by atoms with E-state index in [0.717, 1.165) is 5.39 Å². The van der Waals surface area contributed by atoms with E-state index >= 15 is 0 Å². The van der Waals surface area contributed by atoms with Gasteiger partial charge < -0.3 is 9.52 Å². The first kappa shape index (κ1) is 15.0. The van der Waals surface area contributed by atoms with Crippen molar-refractivity contribution in [3.8, 4) is 11.5 Å². The maximum absolute atomic E-state index is 11.6. The van der Waals surface area contributed by atoms with Crippen LogP contribution in [0.1, 0.15) is 10.4 Å². The molecule has 6 heteroatoms. The molecule has 0 bridgehead atoms. The van der Waals surface area contributed by atoms with Crippen molar-refractivity contribution in [1.82, 2.24) is 4.98 Å². The highest BCUT2D eigenvalue weighted by atomic mass is 35.5. The minimum absolute atomic E-state index is 0.0693. The molecule has 0 spiro atoms. The summed E-state index contributed by atoms with van der Waals surface area (Å²) in [7, 11) is 0. The molecule has 0 saturated heterocycles. The van der Waals surface area contributed by atoms with Gasteiger partial charge in [-0.1, -0.05) is 41.4 Å². The molecule has 0 fully saturated rings. The number of benzene rings is 2. The zero-order valence-corrected chi connectivity index (χ0v) is 13.6. The van der Waals surface area contributed by atoms with Crippen molar-refractivity contribution in [3.05, 3.63) is 64.1 Å². The van der Waals surface area contributed by atoms with Gasteiger partial charge in [0.2, 0.25) is 0 Å². The van der Waals surface area contributed by atoms with Crippen LogP contribution in [0.5, 0.6) is 0 Å². The van der Waals surface area contributed by atoms with Crippen LogP contribution in [0, 0.1) is 0 Å². The molecular formula is C18H9Cl2NO3. The monoisotopic (exact) mass is 357 g/mol. The molecule has 1 N–H and O–H groups in total. The molecule has 24 heavy (non-hydrogen) atoms. The van der Waals surface area contributed by atoms with E-state index in [4.69, 9.17) is 27.6 Å². The molecule has 118 valence electrons. The molecule has 0 atom stereocenters. The third-order valence-corrected chi connectivity index (χ3v) is 4.25. The summed E-state index contributed by atoms with van der Waals surface area (Å²) < 4.78 is 5.78. The number of carbonyl (C=O) groups is 1. The summed E-state index contributed by atoms with van der Waals surface area (Å²) in [6, 6.07) is 13.9. The van der Waals surface area contributed by atoms with Gasteiger partial charge in [-0.25, -0.2) is 9.78 Å². The second kappa shape index (κ2) is 5.51. The lowest BCUT2D eigenvalue weighted by Gasteiger charge is -2.07. The highest BCUT2D eigenvalue weighted by Gasteiger charge is 2.17. The SMILES string of the molecule is O=C(O)c1cc(-c2cc3ccccc3o2)nc2c(Cl)cc(Cl)cc12. The molecule has 0 aliphatic rings. The maximum Gasteiger partial charge on any atom is 0.336 e. The van der Waals surface area contributed by atoms with E-state index in [1.807, 2.05) is 30.3 Å². The van der Waals surface area contributed by atoms with Crippen LogP contribution in [0.15, 0.2) is 52.9 Å². The van der Waals surface area contributed by atoms with E-state index in [0.29, 0.717) is 33.0 Å². The standard InChI is InChI=1S/C18H9Cl2NO3/c19-10-6-11-12(18(22)23)8-14(21-17(11)13(20)7-10)16-5-9-3-1-2-4-15(9)24-16/h1-8H,(H,22,23). The van der Waals surface area contributed by atoms with Crippen LogP contribution in [0.3, 0.4) is 0 Å². The van der Waals surface area contributed by atoms with Crippen molar-refractivity contribution in [1.29, 1.82) is 0 Å². The first-order valence-electron chi connectivity index (χ1n) is 7.05. The van der Waals surface area contributed by atoms with Crippen LogP contribution in [0.2, 0.25) is 10.0 Å². The van der Waals surface area contributed by atoms with Crippen molar-refractivity contribution >= 4 is 51.0 Å². The number of para-hydroxylation sites is 1. The lowest BCUT2D eigenvalue weighted by molar-refractivity contribution is 0.0699. The van der Waals surface area contributed by atoms with Gasteiger partial charge in [-0.05, 0) is 30.3 Å². The largest absolute Gasteiger partial charge is 0.478 e. The smallest absolute Gasteiger partial charge is 0.336 e. The Morgan fingerprint density at radius 3 is 2.62 bits per heavy atom. The molecule has 2 aromatic heterocycles. The molecule has 0 saturated carbocycles. The molecule has 2 heterocycles. The Bertz CT molecular complexity index is 1090. The number of rotatable bonds is 2. The first-order chi connectivity index (χ1) is 11.5. The quantitative estimate of drug-likeness (QED) is 0.503. The van der Waals surface area contributed by atoms with Crippen LogP contribution in [0.4, 0.5) is 0 Å². The number of fused-ring (bicyclic) bond motifs is 2. The second-order valence-corrected chi connectivity index (χ2v) is 6.14. The molecule has 0 radical (unpaired) electrons. The Hall–Kier alpha value is -2.56. The fourth-order valence-electron chi connectivity index (χ4n) is 2.66. The average Bonchev–Trinajstić information content (AvgIpc) is 2.98. The summed E-state index contributed by atoms with van der Waals surface area (Å²) in [5.41, 5.74) is 1.55. The molecular weight excluding hydrogens is 349 g/mol. The summed E-state index contributed by atoms with van der Waals surface area (Å²) in [4.78, 5) is 16.1. The molecule has 0 aliphatic carbocycles. The van der Waals surface area contributed by atoms with E-state index in [1.54, 1.807) is 6.07 Å². The van der Waals surface area contributed by atoms with Crippen molar-refractivity contribution in [2.24, 2.45) is 0 Å². The summed E-state index contributed by atoms with van der Waals surface area (Å²) in [6.45, 7) is 0. The fraction of sp³-hybridized carbons (Fsp3) is 0. The molecule has 0 aliphatic heterocycles. The number of carboxylic acids is 1. The van der Waals surface area contributed by atoms with Gasteiger partial charge in [0.05, 0.1) is 16.1 Å². The molecule has 4 nitrogen and oxygen atoms in total. The summed E-state index contributed by atoms with van der Waals surface area (Å²) in [5.74, 6) is -0.607. The number of halogens is 2. The number of furan rings is 1. The van der Waals surface area contributed by atoms with E-state index in [1.165, 1.54) is 12.1 Å². The Labute approximate surface area is 146 Å². The minimum atomic E-state index is -1.09. The Balaban J connectivity index is 2.04. The number of hydrogen-bond donors (Lipinski definition) is 1. The van der Waals surface area contributed by atoms with E-state index in [9.17, 15) is 9.90 Å².